The van der Waals surface area contributed by atoms with Gasteiger partial charge in [0.1, 0.15) is 0 Å². The minimum absolute atomic E-state index is 0.0679. The third-order valence-corrected chi connectivity index (χ3v) is 4.78. The lowest BCUT2D eigenvalue weighted by atomic mass is 9.97. The first-order valence-corrected chi connectivity index (χ1v) is 7.95. The third kappa shape index (κ3) is 4.14. The van der Waals surface area contributed by atoms with Crippen LogP contribution < -0.4 is 5.73 Å². The Kier molecular flexibility index (Phi) is 5.12. The van der Waals surface area contributed by atoms with Gasteiger partial charge in [-0.2, -0.15) is 0 Å². The Morgan fingerprint density at radius 2 is 2.05 bits per heavy atom. The number of hydrogen-bond acceptors (Lipinski definition) is 4. The third-order valence-electron chi connectivity index (χ3n) is 3.80. The lowest BCUT2D eigenvalue weighted by Gasteiger charge is -2.30. The molecule has 0 atom stereocenters. The summed E-state index contributed by atoms with van der Waals surface area (Å²) in [6.45, 7) is 3.02. The van der Waals surface area contributed by atoms with Gasteiger partial charge in [0, 0.05) is 23.7 Å². The maximum atomic E-state index is 12.1. The summed E-state index contributed by atoms with van der Waals surface area (Å²) in [4.78, 5) is 25.8. The number of carbonyl (C=O) groups excluding carboxylic acids is 1. The first-order chi connectivity index (χ1) is 9.97. The average molecular weight is 308 g/mol. The fourth-order valence-electron chi connectivity index (χ4n) is 2.35. The second-order valence-electron chi connectivity index (χ2n) is 5.30. The number of nitrogens with two attached hydrogens (primary N) is 1. The van der Waals surface area contributed by atoms with E-state index in [1.54, 1.807) is 4.90 Å². The molecular weight excluding hydrogens is 288 g/mol. The number of nitrogens with zero attached hydrogens (tertiary/aromatic N) is 1. The van der Waals surface area contributed by atoms with Crippen molar-refractivity contribution < 1.29 is 14.7 Å². The van der Waals surface area contributed by atoms with E-state index in [4.69, 9.17) is 10.8 Å². The van der Waals surface area contributed by atoms with E-state index in [9.17, 15) is 9.59 Å². The number of aliphatic carboxylic acids is 1. The van der Waals surface area contributed by atoms with Crippen LogP contribution in [0.2, 0.25) is 0 Å². The number of aryl methyl sites for hydroxylation is 1. The van der Waals surface area contributed by atoms with Gasteiger partial charge in [0.25, 0.3) is 0 Å². The smallest absolute Gasteiger partial charge is 0.306 e. The Morgan fingerprint density at radius 1 is 1.38 bits per heavy atom. The standard InChI is InChI=1S/C15H20N2O3S/c1-10-8-12(2-3-13(10)16)21-9-14(18)17-6-4-11(5-7-17)15(19)20/h2-3,8,11H,4-7,9,16H2,1H3,(H,19,20). The molecule has 0 spiro atoms. The Hall–Kier alpha value is -1.69. The molecule has 1 amide bonds. The molecule has 0 bridgehead atoms. The summed E-state index contributed by atoms with van der Waals surface area (Å²) in [5, 5.41) is 8.95. The van der Waals surface area contributed by atoms with Crippen LogP contribution >= 0.6 is 11.8 Å². The van der Waals surface area contributed by atoms with Crippen LogP contribution in [0.3, 0.4) is 0 Å². The van der Waals surface area contributed by atoms with Crippen LogP contribution in [0.1, 0.15) is 18.4 Å². The highest BCUT2D eigenvalue weighted by Crippen LogP contribution is 2.24. The number of amides is 1. The summed E-state index contributed by atoms with van der Waals surface area (Å²) >= 11 is 1.49. The van der Waals surface area contributed by atoms with Crippen molar-refractivity contribution in [1.29, 1.82) is 0 Å². The molecule has 0 unspecified atom stereocenters. The maximum absolute atomic E-state index is 12.1. The van der Waals surface area contributed by atoms with Crippen molar-refractivity contribution in [3.05, 3.63) is 23.8 Å². The van der Waals surface area contributed by atoms with Crippen LogP contribution in [-0.4, -0.2) is 40.7 Å². The summed E-state index contributed by atoms with van der Waals surface area (Å²) in [5.41, 5.74) is 7.53. The molecule has 114 valence electrons. The van der Waals surface area contributed by atoms with Gasteiger partial charge >= 0.3 is 5.97 Å². The maximum Gasteiger partial charge on any atom is 0.306 e. The summed E-state index contributed by atoms with van der Waals surface area (Å²) in [7, 11) is 0. The van der Waals surface area contributed by atoms with Crippen molar-refractivity contribution in [3.8, 4) is 0 Å². The number of carbonyl (C=O) groups is 2. The minimum atomic E-state index is -0.756. The molecular formula is C15H20N2O3S. The van der Waals surface area contributed by atoms with Crippen molar-refractivity contribution in [2.45, 2.75) is 24.7 Å². The number of piperidine rings is 1. The van der Waals surface area contributed by atoms with Crippen LogP contribution in [-0.2, 0) is 9.59 Å². The minimum Gasteiger partial charge on any atom is -0.481 e. The molecule has 0 aromatic heterocycles. The molecule has 2 rings (SSSR count). The van der Waals surface area contributed by atoms with Crippen LogP contribution in [0.25, 0.3) is 0 Å². The molecule has 0 saturated carbocycles. The quantitative estimate of drug-likeness (QED) is 0.656. The molecule has 1 saturated heterocycles. The van der Waals surface area contributed by atoms with Crippen molar-refractivity contribution in [2.24, 2.45) is 5.92 Å². The van der Waals surface area contributed by atoms with Gasteiger partial charge in [-0.05, 0) is 43.5 Å². The number of thioether (sulfide) groups is 1. The van der Waals surface area contributed by atoms with E-state index < -0.39 is 5.97 Å². The van der Waals surface area contributed by atoms with Gasteiger partial charge in [0.05, 0.1) is 11.7 Å². The summed E-state index contributed by atoms with van der Waals surface area (Å²) < 4.78 is 0. The number of rotatable bonds is 4. The predicted octanol–water partition coefficient (Wildman–Crippen LogP) is 1.99. The lowest BCUT2D eigenvalue weighted by Crippen LogP contribution is -2.41. The van der Waals surface area contributed by atoms with Crippen LogP contribution in [0.4, 0.5) is 5.69 Å². The van der Waals surface area contributed by atoms with E-state index in [2.05, 4.69) is 0 Å². The largest absolute Gasteiger partial charge is 0.481 e. The van der Waals surface area contributed by atoms with Gasteiger partial charge < -0.3 is 15.7 Å². The second kappa shape index (κ2) is 6.85. The van der Waals surface area contributed by atoms with Crippen molar-refractivity contribution >= 4 is 29.3 Å². The lowest BCUT2D eigenvalue weighted by molar-refractivity contribution is -0.145. The fourth-order valence-corrected chi connectivity index (χ4v) is 3.25. The molecule has 3 N–H and O–H groups in total. The van der Waals surface area contributed by atoms with Gasteiger partial charge in [-0.25, -0.2) is 0 Å². The summed E-state index contributed by atoms with van der Waals surface area (Å²) in [6, 6.07) is 5.74. The van der Waals surface area contributed by atoms with E-state index in [1.165, 1.54) is 11.8 Å². The van der Waals surface area contributed by atoms with Gasteiger partial charge in [0.15, 0.2) is 0 Å². The zero-order valence-corrected chi connectivity index (χ0v) is 12.9. The van der Waals surface area contributed by atoms with Crippen LogP contribution in [0.5, 0.6) is 0 Å². The second-order valence-corrected chi connectivity index (χ2v) is 6.35. The van der Waals surface area contributed by atoms with Gasteiger partial charge in [0.2, 0.25) is 5.91 Å². The van der Waals surface area contributed by atoms with Gasteiger partial charge in [-0.15, -0.1) is 11.8 Å². The van der Waals surface area contributed by atoms with E-state index >= 15 is 0 Å². The van der Waals surface area contributed by atoms with Gasteiger partial charge in [-0.3, -0.25) is 9.59 Å². The number of benzene rings is 1. The molecule has 0 radical (unpaired) electrons. The molecule has 0 aliphatic carbocycles. The van der Waals surface area contributed by atoms with Crippen molar-refractivity contribution in [3.63, 3.8) is 0 Å². The molecule has 1 heterocycles. The molecule has 1 aromatic carbocycles. The number of nitrogen functional groups attached to an aromatic ring is 1. The van der Waals surface area contributed by atoms with Crippen LogP contribution in [0.15, 0.2) is 23.1 Å². The van der Waals surface area contributed by atoms with E-state index in [0.717, 1.165) is 16.1 Å². The summed E-state index contributed by atoms with van der Waals surface area (Å²) in [6.07, 6.45) is 1.10. The van der Waals surface area contributed by atoms with Crippen molar-refractivity contribution in [2.75, 3.05) is 24.6 Å². The Balaban J connectivity index is 1.82. The number of anilines is 1. The van der Waals surface area contributed by atoms with E-state index in [-0.39, 0.29) is 11.8 Å². The highest BCUT2D eigenvalue weighted by molar-refractivity contribution is 8.00. The number of carboxylic acid groups (broad SMARTS) is 1. The number of hydrogen-bond donors (Lipinski definition) is 2. The van der Waals surface area contributed by atoms with Crippen molar-refractivity contribution in [1.82, 2.24) is 4.90 Å². The first kappa shape index (κ1) is 15.7. The molecule has 21 heavy (non-hydrogen) atoms. The van der Waals surface area contributed by atoms with Crippen LogP contribution in [0, 0.1) is 12.8 Å². The molecule has 6 heteroatoms. The predicted molar refractivity (Wildman–Crippen MR) is 83.3 cm³/mol. The topological polar surface area (TPSA) is 83.6 Å². The normalized spacial score (nSPS) is 16.0. The molecule has 1 aliphatic rings. The highest BCUT2D eigenvalue weighted by Gasteiger charge is 2.26. The van der Waals surface area contributed by atoms with E-state index in [0.29, 0.717) is 31.7 Å². The molecule has 1 fully saturated rings. The Bertz CT molecular complexity index is 540. The first-order valence-electron chi connectivity index (χ1n) is 6.97. The fraction of sp³-hybridized carbons (Fsp3) is 0.467. The summed E-state index contributed by atoms with van der Waals surface area (Å²) in [5.74, 6) is -0.616. The highest BCUT2D eigenvalue weighted by atomic mass is 32.2. The number of likely N-dealkylation sites (tertiary alicyclic amines) is 1. The Morgan fingerprint density at radius 3 is 2.62 bits per heavy atom. The monoisotopic (exact) mass is 308 g/mol. The average Bonchev–Trinajstić information content (AvgIpc) is 2.48. The molecule has 1 aromatic rings. The SMILES string of the molecule is Cc1cc(SCC(=O)N2CCC(C(=O)O)CC2)ccc1N. The molecule has 5 nitrogen and oxygen atoms in total. The Labute approximate surface area is 128 Å². The zero-order chi connectivity index (χ0) is 15.4. The number of carboxylic acids is 1. The molecule has 1 aliphatic heterocycles. The zero-order valence-electron chi connectivity index (χ0n) is 12.0. The van der Waals surface area contributed by atoms with Gasteiger partial charge in [-0.1, -0.05) is 0 Å². The van der Waals surface area contributed by atoms with E-state index in [1.807, 2.05) is 25.1 Å².